The first-order valence-electron chi connectivity index (χ1n) is 6.41. The zero-order valence-corrected chi connectivity index (χ0v) is 10.7. The monoisotopic (exact) mass is 246 g/mol. The lowest BCUT2D eigenvalue weighted by Crippen LogP contribution is -2.26. The van der Waals surface area contributed by atoms with Crippen molar-refractivity contribution in [2.24, 2.45) is 5.73 Å². The molecule has 96 valence electrons. The minimum atomic E-state index is -0.222. The Bertz CT molecular complexity index is 473. The standard InChI is InChI=1S/C15H19FN2/c1-12-4-3-7-18(12)11-14-8-13(5-2-6-17)9-15(16)10-14/h8-10,12H,3-4,6-7,11,17H2,1H3. The molecule has 18 heavy (non-hydrogen) atoms. The van der Waals surface area contributed by atoms with Gasteiger partial charge in [-0.2, -0.15) is 0 Å². The summed E-state index contributed by atoms with van der Waals surface area (Å²) < 4.78 is 13.5. The minimum absolute atomic E-state index is 0.222. The third-order valence-electron chi connectivity index (χ3n) is 3.37. The van der Waals surface area contributed by atoms with Gasteiger partial charge in [-0.3, -0.25) is 4.90 Å². The van der Waals surface area contributed by atoms with Crippen molar-refractivity contribution in [3.63, 3.8) is 0 Å². The molecule has 1 aromatic carbocycles. The van der Waals surface area contributed by atoms with Crippen molar-refractivity contribution in [2.75, 3.05) is 13.1 Å². The number of nitrogens with zero attached hydrogens (tertiary/aromatic N) is 1. The second kappa shape index (κ2) is 5.99. The summed E-state index contributed by atoms with van der Waals surface area (Å²) in [6.45, 7) is 4.42. The summed E-state index contributed by atoms with van der Waals surface area (Å²) in [6, 6.07) is 5.60. The highest BCUT2D eigenvalue weighted by molar-refractivity contribution is 5.38. The van der Waals surface area contributed by atoms with Gasteiger partial charge in [-0.05, 0) is 50.1 Å². The highest BCUT2D eigenvalue weighted by Crippen LogP contribution is 2.20. The van der Waals surface area contributed by atoms with Gasteiger partial charge in [-0.15, -0.1) is 0 Å². The Labute approximate surface area is 108 Å². The molecule has 0 radical (unpaired) electrons. The van der Waals surface area contributed by atoms with E-state index in [1.54, 1.807) is 6.07 Å². The van der Waals surface area contributed by atoms with Crippen LogP contribution in [-0.4, -0.2) is 24.0 Å². The predicted octanol–water partition coefficient (Wildman–Crippen LogP) is 2.12. The molecule has 3 heteroatoms. The first-order chi connectivity index (χ1) is 8.69. The third kappa shape index (κ3) is 3.32. The average molecular weight is 246 g/mol. The van der Waals surface area contributed by atoms with E-state index in [0.29, 0.717) is 18.2 Å². The smallest absolute Gasteiger partial charge is 0.124 e. The van der Waals surface area contributed by atoms with E-state index in [1.807, 2.05) is 6.07 Å². The molecular weight excluding hydrogens is 227 g/mol. The number of halogens is 1. The van der Waals surface area contributed by atoms with Crippen molar-refractivity contribution in [1.29, 1.82) is 0 Å². The van der Waals surface area contributed by atoms with E-state index in [0.717, 1.165) is 18.7 Å². The summed E-state index contributed by atoms with van der Waals surface area (Å²) in [4.78, 5) is 2.38. The Kier molecular flexibility index (Phi) is 4.35. The van der Waals surface area contributed by atoms with E-state index in [2.05, 4.69) is 23.7 Å². The van der Waals surface area contributed by atoms with Crippen LogP contribution in [-0.2, 0) is 6.54 Å². The molecule has 1 fully saturated rings. The van der Waals surface area contributed by atoms with Gasteiger partial charge in [0.05, 0.1) is 6.54 Å². The quantitative estimate of drug-likeness (QED) is 0.810. The second-order valence-electron chi connectivity index (χ2n) is 4.82. The molecule has 0 aliphatic carbocycles. The van der Waals surface area contributed by atoms with Crippen LogP contribution in [0.1, 0.15) is 30.9 Å². The van der Waals surface area contributed by atoms with E-state index in [4.69, 9.17) is 5.73 Å². The van der Waals surface area contributed by atoms with Crippen LogP contribution in [0.3, 0.4) is 0 Å². The van der Waals surface area contributed by atoms with Gasteiger partial charge in [0.15, 0.2) is 0 Å². The second-order valence-corrected chi connectivity index (χ2v) is 4.82. The summed E-state index contributed by atoms with van der Waals surface area (Å²) in [5, 5.41) is 0. The van der Waals surface area contributed by atoms with Crippen molar-refractivity contribution >= 4 is 0 Å². The molecule has 1 unspecified atom stereocenters. The maximum atomic E-state index is 13.5. The van der Waals surface area contributed by atoms with Crippen molar-refractivity contribution in [3.8, 4) is 11.8 Å². The SMILES string of the molecule is CC1CCCN1Cc1cc(F)cc(C#CCN)c1. The molecule has 0 saturated carbocycles. The molecule has 0 aromatic heterocycles. The van der Waals surface area contributed by atoms with Gasteiger partial charge in [0.2, 0.25) is 0 Å². The Morgan fingerprint density at radius 1 is 1.44 bits per heavy atom. The highest BCUT2D eigenvalue weighted by atomic mass is 19.1. The molecule has 0 amide bonds. The fraction of sp³-hybridized carbons (Fsp3) is 0.467. The maximum Gasteiger partial charge on any atom is 0.124 e. The molecular formula is C15H19FN2. The topological polar surface area (TPSA) is 29.3 Å². The van der Waals surface area contributed by atoms with Gasteiger partial charge in [-0.1, -0.05) is 11.8 Å². The molecule has 1 aliphatic heterocycles. The number of hydrogen-bond acceptors (Lipinski definition) is 2. The first-order valence-corrected chi connectivity index (χ1v) is 6.41. The lowest BCUT2D eigenvalue weighted by atomic mass is 10.1. The van der Waals surface area contributed by atoms with Crippen LogP contribution >= 0.6 is 0 Å². The van der Waals surface area contributed by atoms with Gasteiger partial charge in [0, 0.05) is 18.2 Å². The fourth-order valence-corrected chi connectivity index (χ4v) is 2.43. The van der Waals surface area contributed by atoms with Gasteiger partial charge in [0.25, 0.3) is 0 Å². The van der Waals surface area contributed by atoms with Crippen molar-refractivity contribution < 1.29 is 4.39 Å². The van der Waals surface area contributed by atoms with Gasteiger partial charge in [-0.25, -0.2) is 4.39 Å². The number of nitrogens with two attached hydrogens (primary N) is 1. The molecule has 0 bridgehead atoms. The van der Waals surface area contributed by atoms with Crippen molar-refractivity contribution in [1.82, 2.24) is 4.90 Å². The third-order valence-corrected chi connectivity index (χ3v) is 3.37. The number of hydrogen-bond donors (Lipinski definition) is 1. The van der Waals surface area contributed by atoms with Gasteiger partial charge in [0.1, 0.15) is 5.82 Å². The molecule has 1 atom stereocenters. The van der Waals surface area contributed by atoms with E-state index in [-0.39, 0.29) is 5.82 Å². The van der Waals surface area contributed by atoms with E-state index >= 15 is 0 Å². The van der Waals surface area contributed by atoms with Crippen LogP contribution in [0, 0.1) is 17.7 Å². The number of likely N-dealkylation sites (tertiary alicyclic amines) is 1. The predicted molar refractivity (Wildman–Crippen MR) is 71.4 cm³/mol. The minimum Gasteiger partial charge on any atom is -0.320 e. The van der Waals surface area contributed by atoms with Gasteiger partial charge >= 0.3 is 0 Å². The Morgan fingerprint density at radius 2 is 2.28 bits per heavy atom. The molecule has 1 saturated heterocycles. The molecule has 2 rings (SSSR count). The number of rotatable bonds is 2. The van der Waals surface area contributed by atoms with E-state index < -0.39 is 0 Å². The largest absolute Gasteiger partial charge is 0.320 e. The summed E-state index contributed by atoms with van der Waals surface area (Å²) in [7, 11) is 0. The summed E-state index contributed by atoms with van der Waals surface area (Å²) in [6.07, 6.45) is 2.46. The maximum absolute atomic E-state index is 13.5. The van der Waals surface area contributed by atoms with Crippen LogP contribution in [0.4, 0.5) is 4.39 Å². The lowest BCUT2D eigenvalue weighted by Gasteiger charge is -2.21. The zero-order valence-electron chi connectivity index (χ0n) is 10.7. The van der Waals surface area contributed by atoms with Crippen LogP contribution in [0.15, 0.2) is 18.2 Å². The summed E-state index contributed by atoms with van der Waals surface area (Å²) >= 11 is 0. The van der Waals surface area contributed by atoms with Crippen LogP contribution in [0.25, 0.3) is 0 Å². The van der Waals surface area contributed by atoms with Crippen LogP contribution in [0.5, 0.6) is 0 Å². The zero-order chi connectivity index (χ0) is 13.0. The number of benzene rings is 1. The Hall–Kier alpha value is -1.37. The van der Waals surface area contributed by atoms with Crippen LogP contribution < -0.4 is 5.73 Å². The average Bonchev–Trinajstić information content (AvgIpc) is 2.72. The summed E-state index contributed by atoms with van der Waals surface area (Å²) in [5.74, 6) is 5.43. The Morgan fingerprint density at radius 3 is 2.94 bits per heavy atom. The molecule has 2 nitrogen and oxygen atoms in total. The van der Waals surface area contributed by atoms with E-state index in [1.165, 1.54) is 18.9 Å². The molecule has 0 spiro atoms. The molecule has 1 heterocycles. The Balaban J connectivity index is 2.14. The first kappa shape index (κ1) is 13.1. The van der Waals surface area contributed by atoms with E-state index in [9.17, 15) is 4.39 Å². The fourth-order valence-electron chi connectivity index (χ4n) is 2.43. The highest BCUT2D eigenvalue weighted by Gasteiger charge is 2.20. The molecule has 2 N–H and O–H groups in total. The van der Waals surface area contributed by atoms with Crippen molar-refractivity contribution in [3.05, 3.63) is 35.1 Å². The molecule has 1 aliphatic rings. The summed E-state index contributed by atoms with van der Waals surface area (Å²) in [5.41, 5.74) is 7.03. The van der Waals surface area contributed by atoms with Crippen molar-refractivity contribution in [2.45, 2.75) is 32.4 Å². The van der Waals surface area contributed by atoms with Crippen LogP contribution in [0.2, 0.25) is 0 Å². The normalized spacial score (nSPS) is 19.6. The van der Waals surface area contributed by atoms with Gasteiger partial charge < -0.3 is 5.73 Å². The lowest BCUT2D eigenvalue weighted by molar-refractivity contribution is 0.260. The molecule has 1 aromatic rings.